The van der Waals surface area contributed by atoms with Gasteiger partial charge in [-0.15, -0.1) is 0 Å². The van der Waals surface area contributed by atoms with E-state index in [1.165, 1.54) is 70.3 Å². The summed E-state index contributed by atoms with van der Waals surface area (Å²) in [5.41, 5.74) is 0. The highest BCUT2D eigenvalue weighted by Gasteiger charge is 2.27. The Bertz CT molecular complexity index is 809. The second kappa shape index (κ2) is 27.4. The van der Waals surface area contributed by atoms with Crippen LogP contribution in [-0.2, 0) is 14.9 Å². The van der Waals surface area contributed by atoms with Crippen LogP contribution in [0.15, 0.2) is 36.5 Å². The number of rotatable bonds is 28. The Morgan fingerprint density at radius 2 is 1.10 bits per heavy atom. The summed E-state index contributed by atoms with van der Waals surface area (Å²) in [6, 6.07) is -1.25. The minimum atomic E-state index is -4.44. The number of unbranched alkanes of at least 4 members (excludes halogenated alkanes) is 15. The molecule has 0 aliphatic rings. The highest BCUT2D eigenvalue weighted by Crippen LogP contribution is 2.11. The Morgan fingerprint density at radius 3 is 1.66 bits per heavy atom. The van der Waals surface area contributed by atoms with Crippen LogP contribution in [0.2, 0.25) is 0 Å². The van der Waals surface area contributed by atoms with Gasteiger partial charge in [-0.3, -0.25) is 9.35 Å². The van der Waals surface area contributed by atoms with Crippen LogP contribution < -0.4 is 5.32 Å². The molecule has 0 fully saturated rings. The average molecular weight is 600 g/mol. The van der Waals surface area contributed by atoms with Crippen molar-refractivity contribution in [1.29, 1.82) is 0 Å². The molecule has 240 valence electrons. The summed E-state index contributed by atoms with van der Waals surface area (Å²) in [6.07, 6.45) is 30.6. The maximum Gasteiger partial charge on any atom is 0.267 e. The predicted octanol–water partition coefficient (Wildman–Crippen LogP) is 7.59. The molecular formula is C33H61NO6S. The first-order valence-electron chi connectivity index (χ1n) is 16.3. The topological polar surface area (TPSA) is 124 Å². The minimum Gasteiger partial charge on any atom is -0.387 e. The Balaban J connectivity index is 4.30. The van der Waals surface area contributed by atoms with Crippen LogP contribution in [0.5, 0.6) is 0 Å². The summed E-state index contributed by atoms with van der Waals surface area (Å²) in [4.78, 5) is 12.5. The smallest absolute Gasteiger partial charge is 0.267 e. The molecule has 0 aromatic carbocycles. The number of aliphatic hydroxyl groups is 2. The van der Waals surface area contributed by atoms with E-state index in [9.17, 15) is 28.0 Å². The van der Waals surface area contributed by atoms with Gasteiger partial charge in [-0.05, 0) is 57.8 Å². The second-order valence-corrected chi connectivity index (χ2v) is 12.7. The van der Waals surface area contributed by atoms with Crippen molar-refractivity contribution in [3.05, 3.63) is 36.5 Å². The molecule has 0 rings (SSSR count). The first kappa shape index (κ1) is 39.5. The van der Waals surface area contributed by atoms with Crippen molar-refractivity contribution in [3.63, 3.8) is 0 Å². The van der Waals surface area contributed by atoms with Crippen LogP contribution in [0.1, 0.15) is 142 Å². The fourth-order valence-electron chi connectivity index (χ4n) is 4.58. The molecule has 3 atom stereocenters. The van der Waals surface area contributed by atoms with Gasteiger partial charge in [0, 0.05) is 0 Å². The van der Waals surface area contributed by atoms with Gasteiger partial charge in [-0.1, -0.05) is 121 Å². The number of amides is 1. The summed E-state index contributed by atoms with van der Waals surface area (Å²) in [7, 11) is -4.44. The largest absolute Gasteiger partial charge is 0.387 e. The van der Waals surface area contributed by atoms with Crippen LogP contribution in [0, 0.1) is 0 Å². The lowest BCUT2D eigenvalue weighted by Crippen LogP contribution is -2.50. The van der Waals surface area contributed by atoms with Gasteiger partial charge in [0.2, 0.25) is 5.91 Å². The van der Waals surface area contributed by atoms with E-state index in [4.69, 9.17) is 0 Å². The third-order valence-corrected chi connectivity index (χ3v) is 7.93. The van der Waals surface area contributed by atoms with E-state index in [2.05, 4.69) is 43.5 Å². The Kier molecular flexibility index (Phi) is 26.4. The van der Waals surface area contributed by atoms with Gasteiger partial charge in [0.15, 0.2) is 0 Å². The molecule has 0 spiro atoms. The van der Waals surface area contributed by atoms with Gasteiger partial charge < -0.3 is 15.5 Å². The summed E-state index contributed by atoms with van der Waals surface area (Å²) < 4.78 is 32.2. The standard InChI is InChI=1S/C33H61NO6S/c1-3-5-7-9-11-13-15-16-18-19-21-23-25-27-31(35)30(29-41(38,39)40)34-33(37)32(36)28-26-24-22-20-17-14-12-10-8-6-4-2/h12,14,18-19,25,27,30-32,35-36H,3-11,13,15-17,20-24,26,28-29H2,1-2H3,(H,34,37)(H,38,39,40)/b14-12-,19-18+,27-25+. The maximum absolute atomic E-state index is 12.5. The van der Waals surface area contributed by atoms with Crippen molar-refractivity contribution in [3.8, 4) is 0 Å². The Morgan fingerprint density at radius 1 is 0.659 bits per heavy atom. The molecule has 4 N–H and O–H groups in total. The average Bonchev–Trinajstić information content (AvgIpc) is 2.92. The zero-order chi connectivity index (χ0) is 30.6. The number of allylic oxidation sites excluding steroid dienone is 5. The predicted molar refractivity (Wildman–Crippen MR) is 171 cm³/mol. The lowest BCUT2D eigenvalue weighted by Gasteiger charge is -2.22. The second-order valence-electron chi connectivity index (χ2n) is 11.2. The number of hydrogen-bond donors (Lipinski definition) is 4. The van der Waals surface area contributed by atoms with Gasteiger partial charge in [-0.25, -0.2) is 0 Å². The molecule has 1 amide bonds. The fourth-order valence-corrected chi connectivity index (χ4v) is 5.32. The third-order valence-electron chi connectivity index (χ3n) is 7.15. The van der Waals surface area contributed by atoms with E-state index < -0.39 is 40.0 Å². The SMILES string of the molecule is CCCCC/C=C\CCCCCCC(O)C(=O)NC(CS(=O)(=O)O)C(O)/C=C/CC/C=C/CCCCCCCCC. The summed E-state index contributed by atoms with van der Waals surface area (Å²) >= 11 is 0. The highest BCUT2D eigenvalue weighted by atomic mass is 32.2. The Labute approximate surface area is 251 Å². The quantitative estimate of drug-likeness (QED) is 0.0417. The molecule has 0 aromatic rings. The zero-order valence-electron chi connectivity index (χ0n) is 26.0. The monoisotopic (exact) mass is 599 g/mol. The van der Waals surface area contributed by atoms with E-state index in [-0.39, 0.29) is 6.42 Å². The van der Waals surface area contributed by atoms with Gasteiger partial charge in [-0.2, -0.15) is 8.42 Å². The number of hydrogen-bond acceptors (Lipinski definition) is 5. The molecule has 41 heavy (non-hydrogen) atoms. The lowest BCUT2D eigenvalue weighted by molar-refractivity contribution is -0.130. The van der Waals surface area contributed by atoms with E-state index in [0.717, 1.165) is 44.9 Å². The summed E-state index contributed by atoms with van der Waals surface area (Å²) in [5.74, 6) is -1.57. The van der Waals surface area contributed by atoms with E-state index in [0.29, 0.717) is 12.8 Å². The highest BCUT2D eigenvalue weighted by molar-refractivity contribution is 7.85. The molecular weight excluding hydrogens is 538 g/mol. The normalized spacial score (nSPS) is 14.8. The van der Waals surface area contributed by atoms with Crippen molar-refractivity contribution in [2.24, 2.45) is 0 Å². The van der Waals surface area contributed by atoms with Gasteiger partial charge in [0.25, 0.3) is 10.1 Å². The fraction of sp³-hybridized carbons (Fsp3) is 0.788. The summed E-state index contributed by atoms with van der Waals surface area (Å²) in [5, 5.41) is 23.1. The molecule has 0 radical (unpaired) electrons. The van der Waals surface area contributed by atoms with Crippen molar-refractivity contribution in [2.45, 2.75) is 161 Å². The van der Waals surface area contributed by atoms with Crippen molar-refractivity contribution in [1.82, 2.24) is 5.32 Å². The number of carbonyl (C=O) groups excluding carboxylic acids is 1. The van der Waals surface area contributed by atoms with E-state index in [1.54, 1.807) is 6.08 Å². The third kappa shape index (κ3) is 27.1. The number of carbonyl (C=O) groups is 1. The molecule has 0 aliphatic carbocycles. The molecule has 0 aromatic heterocycles. The number of nitrogens with one attached hydrogen (secondary N) is 1. The van der Waals surface area contributed by atoms with Gasteiger partial charge >= 0.3 is 0 Å². The molecule has 0 aliphatic heterocycles. The van der Waals surface area contributed by atoms with Crippen molar-refractivity contribution >= 4 is 16.0 Å². The van der Waals surface area contributed by atoms with E-state index in [1.807, 2.05) is 0 Å². The molecule has 3 unspecified atom stereocenters. The van der Waals surface area contributed by atoms with Gasteiger partial charge in [0.1, 0.15) is 6.10 Å². The zero-order valence-corrected chi connectivity index (χ0v) is 26.8. The van der Waals surface area contributed by atoms with Crippen molar-refractivity contribution in [2.75, 3.05) is 5.75 Å². The lowest BCUT2D eigenvalue weighted by atomic mass is 10.1. The Hall–Kier alpha value is -1.48. The van der Waals surface area contributed by atoms with Crippen LogP contribution >= 0.6 is 0 Å². The number of aliphatic hydroxyl groups excluding tert-OH is 2. The molecule has 0 saturated heterocycles. The van der Waals surface area contributed by atoms with Crippen LogP contribution in [0.25, 0.3) is 0 Å². The molecule has 0 bridgehead atoms. The first-order valence-corrected chi connectivity index (χ1v) is 17.9. The minimum absolute atomic E-state index is 0.258. The molecule has 8 heteroatoms. The first-order chi connectivity index (χ1) is 19.7. The maximum atomic E-state index is 12.5. The van der Waals surface area contributed by atoms with Crippen LogP contribution in [-0.4, -0.2) is 53.1 Å². The van der Waals surface area contributed by atoms with Crippen molar-refractivity contribution < 1.29 is 28.0 Å². The summed E-state index contributed by atoms with van der Waals surface area (Å²) in [6.45, 7) is 4.42. The van der Waals surface area contributed by atoms with E-state index >= 15 is 0 Å². The van der Waals surface area contributed by atoms with Crippen LogP contribution in [0.4, 0.5) is 0 Å². The molecule has 7 nitrogen and oxygen atoms in total. The van der Waals surface area contributed by atoms with Crippen LogP contribution in [0.3, 0.4) is 0 Å². The van der Waals surface area contributed by atoms with Gasteiger partial charge in [0.05, 0.1) is 17.9 Å². The molecule has 0 heterocycles. The molecule has 0 saturated carbocycles.